The van der Waals surface area contributed by atoms with Gasteiger partial charge in [0.1, 0.15) is 0 Å². The molecule has 0 bridgehead atoms. The lowest BCUT2D eigenvalue weighted by molar-refractivity contribution is -0.137. The average Bonchev–Trinajstić information content (AvgIpc) is 2.98. The van der Waals surface area contributed by atoms with E-state index in [9.17, 15) is 14.4 Å². The van der Waals surface area contributed by atoms with Gasteiger partial charge in [0, 0.05) is 29.6 Å². The minimum absolute atomic E-state index is 0.0244. The van der Waals surface area contributed by atoms with Crippen LogP contribution in [0.1, 0.15) is 25.3 Å². The molecule has 2 rings (SSSR count). The van der Waals surface area contributed by atoms with Crippen LogP contribution < -0.4 is 10.6 Å². The van der Waals surface area contributed by atoms with Crippen LogP contribution in [0, 0.1) is 5.92 Å². The van der Waals surface area contributed by atoms with Crippen LogP contribution in [0.5, 0.6) is 0 Å². The quantitative estimate of drug-likeness (QED) is 0.535. The van der Waals surface area contributed by atoms with Crippen molar-refractivity contribution in [3.63, 3.8) is 0 Å². The number of carbonyl (C=O) groups is 3. The molecule has 1 aromatic rings. The van der Waals surface area contributed by atoms with E-state index in [0.29, 0.717) is 24.4 Å². The highest BCUT2D eigenvalue weighted by molar-refractivity contribution is 6.30. The number of rotatable bonds is 8. The fraction of sp³-hybridized carbons (Fsp3) is 0.421. The molecule has 140 valence electrons. The Labute approximate surface area is 157 Å². The van der Waals surface area contributed by atoms with Gasteiger partial charge in [-0.1, -0.05) is 29.8 Å². The molecule has 2 atom stereocenters. The Hall–Kier alpha value is -2.34. The summed E-state index contributed by atoms with van der Waals surface area (Å²) in [5, 5.41) is 6.22. The maximum atomic E-state index is 12.4. The highest BCUT2D eigenvalue weighted by atomic mass is 35.5. The van der Waals surface area contributed by atoms with Crippen molar-refractivity contribution >= 4 is 29.4 Å². The molecule has 1 heterocycles. The van der Waals surface area contributed by atoms with E-state index in [2.05, 4.69) is 10.6 Å². The minimum Gasteiger partial charge on any atom is -0.463 e. The third-order valence-corrected chi connectivity index (χ3v) is 4.29. The first-order chi connectivity index (χ1) is 12.5. The molecule has 0 unspecified atom stereocenters. The molecule has 1 aliphatic rings. The Morgan fingerprint density at radius 3 is 2.92 bits per heavy atom. The van der Waals surface area contributed by atoms with Crippen molar-refractivity contribution in [1.29, 1.82) is 0 Å². The second kappa shape index (κ2) is 9.97. The third-order valence-electron chi connectivity index (χ3n) is 4.05. The van der Waals surface area contributed by atoms with E-state index in [4.69, 9.17) is 16.3 Å². The van der Waals surface area contributed by atoms with Crippen LogP contribution >= 0.6 is 11.6 Å². The minimum atomic E-state index is -0.475. The standard InChI is InChI=1S/C19H23ClN2O4/c1-2-26-18(24)7-6-16(12-14-8-9-21-19(14)25)22-17(23)11-13-4-3-5-15(20)10-13/h3-7,10,14,16H,2,8-9,11-12H2,1H3,(H,21,25)(H,22,23)/b7-6+/t14-,16+/m0/s1. The van der Waals surface area contributed by atoms with E-state index in [0.717, 1.165) is 5.56 Å². The maximum Gasteiger partial charge on any atom is 0.330 e. The zero-order valence-corrected chi connectivity index (χ0v) is 15.4. The fourth-order valence-corrected chi connectivity index (χ4v) is 3.05. The predicted molar refractivity (Wildman–Crippen MR) is 98.6 cm³/mol. The van der Waals surface area contributed by atoms with E-state index in [1.54, 1.807) is 31.2 Å². The first-order valence-electron chi connectivity index (χ1n) is 8.64. The van der Waals surface area contributed by atoms with Crippen molar-refractivity contribution in [3.05, 3.63) is 47.0 Å². The lowest BCUT2D eigenvalue weighted by atomic mass is 9.97. The topological polar surface area (TPSA) is 84.5 Å². The molecule has 7 heteroatoms. The molecule has 1 aromatic carbocycles. The molecular formula is C19H23ClN2O4. The number of hydrogen-bond donors (Lipinski definition) is 2. The molecule has 0 spiro atoms. The Kier molecular flexibility index (Phi) is 7.66. The Morgan fingerprint density at radius 2 is 2.27 bits per heavy atom. The van der Waals surface area contributed by atoms with Crippen LogP contribution in [-0.4, -0.2) is 37.0 Å². The summed E-state index contributed by atoms with van der Waals surface area (Å²) in [5.41, 5.74) is 0.793. The molecule has 1 fully saturated rings. The Morgan fingerprint density at radius 1 is 1.46 bits per heavy atom. The smallest absolute Gasteiger partial charge is 0.330 e. The van der Waals surface area contributed by atoms with Gasteiger partial charge < -0.3 is 15.4 Å². The molecule has 1 saturated heterocycles. The number of carbonyl (C=O) groups excluding carboxylic acids is 3. The van der Waals surface area contributed by atoms with Crippen LogP contribution in [0.25, 0.3) is 0 Å². The van der Waals surface area contributed by atoms with E-state index in [1.807, 2.05) is 6.07 Å². The van der Waals surface area contributed by atoms with E-state index in [1.165, 1.54) is 6.08 Å². The summed E-state index contributed by atoms with van der Waals surface area (Å²) in [6.45, 7) is 2.63. The van der Waals surface area contributed by atoms with Gasteiger partial charge in [-0.2, -0.15) is 0 Å². The van der Waals surface area contributed by atoms with Crippen LogP contribution in [0.15, 0.2) is 36.4 Å². The average molecular weight is 379 g/mol. The summed E-state index contributed by atoms with van der Waals surface area (Å²) < 4.78 is 4.86. The highest BCUT2D eigenvalue weighted by Crippen LogP contribution is 2.17. The number of hydrogen-bond acceptors (Lipinski definition) is 4. The van der Waals surface area contributed by atoms with Crippen molar-refractivity contribution in [3.8, 4) is 0 Å². The van der Waals surface area contributed by atoms with Gasteiger partial charge in [-0.05, 0) is 37.5 Å². The first-order valence-corrected chi connectivity index (χ1v) is 9.02. The maximum absolute atomic E-state index is 12.4. The third kappa shape index (κ3) is 6.52. The summed E-state index contributed by atoms with van der Waals surface area (Å²) in [6.07, 6.45) is 4.19. The van der Waals surface area contributed by atoms with Crippen LogP contribution in [0.4, 0.5) is 0 Å². The molecule has 26 heavy (non-hydrogen) atoms. The Bertz CT molecular complexity index is 690. The van der Waals surface area contributed by atoms with Gasteiger partial charge >= 0.3 is 5.97 Å². The van der Waals surface area contributed by atoms with Crippen LogP contribution in [0.2, 0.25) is 5.02 Å². The van der Waals surface area contributed by atoms with Gasteiger partial charge in [0.25, 0.3) is 0 Å². The lowest BCUT2D eigenvalue weighted by Crippen LogP contribution is -2.37. The Balaban J connectivity index is 2.00. The van der Waals surface area contributed by atoms with Gasteiger partial charge in [-0.15, -0.1) is 0 Å². The molecule has 2 amide bonds. The number of benzene rings is 1. The van der Waals surface area contributed by atoms with Crippen LogP contribution in [-0.2, 0) is 25.5 Å². The first kappa shape index (κ1) is 20.0. The van der Waals surface area contributed by atoms with Gasteiger partial charge in [0.05, 0.1) is 13.0 Å². The summed E-state index contributed by atoms with van der Waals surface area (Å²) in [4.78, 5) is 35.7. The van der Waals surface area contributed by atoms with Crippen molar-refractivity contribution in [1.82, 2.24) is 10.6 Å². The summed E-state index contributed by atoms with van der Waals surface area (Å²) >= 11 is 5.94. The molecule has 6 nitrogen and oxygen atoms in total. The zero-order valence-electron chi connectivity index (χ0n) is 14.7. The van der Waals surface area contributed by atoms with E-state index in [-0.39, 0.29) is 30.8 Å². The second-order valence-electron chi connectivity index (χ2n) is 6.10. The fourth-order valence-electron chi connectivity index (χ4n) is 2.84. The number of halogens is 1. The molecule has 2 N–H and O–H groups in total. The monoisotopic (exact) mass is 378 g/mol. The second-order valence-corrected chi connectivity index (χ2v) is 6.54. The predicted octanol–water partition coefficient (Wildman–Crippen LogP) is 2.01. The van der Waals surface area contributed by atoms with Gasteiger partial charge in [-0.3, -0.25) is 9.59 Å². The zero-order chi connectivity index (χ0) is 18.9. The number of nitrogens with one attached hydrogen (secondary N) is 2. The van der Waals surface area contributed by atoms with Gasteiger partial charge in [-0.25, -0.2) is 4.79 Å². The normalized spacial score (nSPS) is 17.8. The van der Waals surface area contributed by atoms with E-state index < -0.39 is 12.0 Å². The molecule has 0 radical (unpaired) electrons. The molecular weight excluding hydrogens is 356 g/mol. The summed E-state index contributed by atoms with van der Waals surface area (Å²) in [6, 6.07) is 6.65. The molecule has 0 saturated carbocycles. The molecule has 0 aliphatic carbocycles. The van der Waals surface area contributed by atoms with E-state index >= 15 is 0 Å². The van der Waals surface area contributed by atoms with Gasteiger partial charge in [0.2, 0.25) is 11.8 Å². The molecule has 0 aromatic heterocycles. The molecule has 1 aliphatic heterocycles. The number of esters is 1. The van der Waals surface area contributed by atoms with Crippen molar-refractivity contribution in [2.75, 3.05) is 13.2 Å². The summed E-state index contributed by atoms with van der Waals surface area (Å²) in [7, 11) is 0. The number of ether oxygens (including phenoxy) is 1. The number of amides is 2. The van der Waals surface area contributed by atoms with Crippen molar-refractivity contribution < 1.29 is 19.1 Å². The SMILES string of the molecule is CCOC(=O)/C=C/[C@H](C[C@@H]1CCNC1=O)NC(=O)Cc1cccc(Cl)c1. The van der Waals surface area contributed by atoms with Gasteiger partial charge in [0.15, 0.2) is 0 Å². The summed E-state index contributed by atoms with van der Waals surface area (Å²) in [5.74, 6) is -0.886. The largest absolute Gasteiger partial charge is 0.463 e. The lowest BCUT2D eigenvalue weighted by Gasteiger charge is -2.18. The van der Waals surface area contributed by atoms with Crippen molar-refractivity contribution in [2.45, 2.75) is 32.2 Å². The van der Waals surface area contributed by atoms with Crippen molar-refractivity contribution in [2.24, 2.45) is 5.92 Å². The van der Waals surface area contributed by atoms with Crippen LogP contribution in [0.3, 0.4) is 0 Å². The highest BCUT2D eigenvalue weighted by Gasteiger charge is 2.27.